The molecule has 6 heteroatoms. The molecule has 0 bridgehead atoms. The smallest absolute Gasteiger partial charge is 0.299 e. The Labute approximate surface area is 90.7 Å². The summed E-state index contributed by atoms with van der Waals surface area (Å²) < 4.78 is 21.0. The van der Waals surface area contributed by atoms with Crippen LogP contribution in [0.15, 0.2) is 0 Å². The summed E-state index contributed by atoms with van der Waals surface area (Å²) in [6.45, 7) is 3.40. The molecule has 1 atom stereocenters. The van der Waals surface area contributed by atoms with Crippen LogP contribution in [0.5, 0.6) is 0 Å². The molecular weight excluding hydrogens is 217 g/mol. The third-order valence-corrected chi connectivity index (χ3v) is 3.46. The number of phosphoric ester groups is 1. The molecule has 1 saturated carbocycles. The molecule has 0 heterocycles. The molecule has 0 amide bonds. The fourth-order valence-corrected chi connectivity index (χ4v) is 2.63. The van der Waals surface area contributed by atoms with Crippen molar-refractivity contribution in [2.24, 2.45) is 0 Å². The number of quaternary nitrogens is 1. The quantitative estimate of drug-likeness (QED) is 0.560. The van der Waals surface area contributed by atoms with Gasteiger partial charge in [0.25, 0.3) is 0 Å². The molecule has 0 radical (unpaired) electrons. The van der Waals surface area contributed by atoms with Crippen LogP contribution in [-0.4, -0.2) is 17.0 Å². The zero-order valence-electron chi connectivity index (χ0n) is 9.39. The Morgan fingerprint density at radius 3 is 2.47 bits per heavy atom. The number of hydrogen-bond donors (Lipinski definition) is 2. The number of phosphoric acid groups is 1. The number of nitrogens with two attached hydrogens (primary N) is 1. The Morgan fingerprint density at radius 1 is 1.33 bits per heavy atom. The van der Waals surface area contributed by atoms with Crippen LogP contribution in [-0.2, 0) is 13.7 Å². The molecule has 1 rings (SSSR count). The SMILES string of the molecule is CC(C)OP(=O)(O)O[NH2+]C1CCCCC1. The number of hydrogen-bond acceptors (Lipinski definition) is 3. The topological polar surface area (TPSA) is 72.4 Å². The maximum absolute atomic E-state index is 11.3. The summed E-state index contributed by atoms with van der Waals surface area (Å²) in [4.78, 5) is 9.30. The molecular formula is C9H21NO4P+. The first kappa shape index (κ1) is 13.1. The molecule has 1 unspecified atom stereocenters. The summed E-state index contributed by atoms with van der Waals surface area (Å²) in [7, 11) is -3.87. The Kier molecular flexibility index (Phi) is 5.23. The van der Waals surface area contributed by atoms with Gasteiger partial charge in [-0.15, -0.1) is 0 Å². The van der Waals surface area contributed by atoms with E-state index in [0.717, 1.165) is 12.8 Å². The largest absolute Gasteiger partial charge is 0.518 e. The Balaban J connectivity index is 2.25. The van der Waals surface area contributed by atoms with Crippen LogP contribution in [0.3, 0.4) is 0 Å². The lowest BCUT2D eigenvalue weighted by atomic mass is 9.96. The highest BCUT2D eigenvalue weighted by molar-refractivity contribution is 7.47. The molecule has 5 nitrogen and oxygen atoms in total. The minimum atomic E-state index is -3.87. The van der Waals surface area contributed by atoms with Gasteiger partial charge in [-0.1, -0.05) is 11.0 Å². The molecule has 1 aliphatic carbocycles. The van der Waals surface area contributed by atoms with E-state index in [1.54, 1.807) is 13.8 Å². The monoisotopic (exact) mass is 238 g/mol. The lowest BCUT2D eigenvalue weighted by Gasteiger charge is -2.20. The summed E-state index contributed by atoms with van der Waals surface area (Å²) >= 11 is 0. The van der Waals surface area contributed by atoms with Crippen molar-refractivity contribution in [2.45, 2.75) is 58.1 Å². The van der Waals surface area contributed by atoms with Gasteiger partial charge in [0, 0.05) is 12.8 Å². The van der Waals surface area contributed by atoms with Gasteiger partial charge >= 0.3 is 7.82 Å². The van der Waals surface area contributed by atoms with E-state index in [9.17, 15) is 9.46 Å². The summed E-state index contributed by atoms with van der Waals surface area (Å²) in [6, 6.07) is 0.301. The fraction of sp³-hybridized carbons (Fsp3) is 1.00. The molecule has 0 aromatic rings. The third kappa shape index (κ3) is 5.64. The summed E-state index contributed by atoms with van der Waals surface area (Å²) in [6.07, 6.45) is 5.38. The molecule has 15 heavy (non-hydrogen) atoms. The van der Waals surface area contributed by atoms with Gasteiger partial charge in [0.1, 0.15) is 6.04 Å². The second-order valence-electron chi connectivity index (χ2n) is 4.26. The van der Waals surface area contributed by atoms with Crippen molar-refractivity contribution in [1.29, 1.82) is 0 Å². The van der Waals surface area contributed by atoms with Crippen LogP contribution in [0.1, 0.15) is 46.0 Å². The van der Waals surface area contributed by atoms with Gasteiger partial charge in [-0.2, -0.15) is 5.48 Å². The zero-order chi connectivity index (χ0) is 11.3. The third-order valence-electron chi connectivity index (χ3n) is 2.38. The van der Waals surface area contributed by atoms with Crippen molar-refractivity contribution < 1.29 is 24.1 Å². The van der Waals surface area contributed by atoms with Crippen molar-refractivity contribution in [1.82, 2.24) is 0 Å². The molecule has 0 saturated heterocycles. The van der Waals surface area contributed by atoms with Gasteiger partial charge in [-0.3, -0.25) is 9.42 Å². The standard InChI is InChI=1S/C9H20NO4P/c1-8(2)13-15(11,12)14-10-9-6-4-3-5-7-9/h8-10H,3-7H2,1-2H3,(H,11,12)/p+1. The van der Waals surface area contributed by atoms with E-state index in [1.165, 1.54) is 24.7 Å². The van der Waals surface area contributed by atoms with Crippen LogP contribution < -0.4 is 5.48 Å². The minimum Gasteiger partial charge on any atom is -0.299 e. The van der Waals surface area contributed by atoms with E-state index in [2.05, 4.69) is 0 Å². The van der Waals surface area contributed by atoms with Crippen molar-refractivity contribution >= 4 is 7.82 Å². The fourth-order valence-electron chi connectivity index (χ4n) is 1.72. The number of hydroxylamine groups is 1. The molecule has 3 N–H and O–H groups in total. The maximum atomic E-state index is 11.3. The Hall–Kier alpha value is 0.0700. The van der Waals surface area contributed by atoms with E-state index in [1.807, 2.05) is 0 Å². The van der Waals surface area contributed by atoms with Crippen molar-refractivity contribution in [3.8, 4) is 0 Å². The van der Waals surface area contributed by atoms with Crippen molar-refractivity contribution in [3.63, 3.8) is 0 Å². The van der Waals surface area contributed by atoms with Gasteiger partial charge in [0.15, 0.2) is 0 Å². The average Bonchev–Trinajstić information content (AvgIpc) is 2.15. The number of rotatable bonds is 5. The highest BCUT2D eigenvalue weighted by Crippen LogP contribution is 2.41. The first-order chi connectivity index (χ1) is 6.99. The zero-order valence-corrected chi connectivity index (χ0v) is 10.3. The van der Waals surface area contributed by atoms with Gasteiger partial charge < -0.3 is 0 Å². The first-order valence-electron chi connectivity index (χ1n) is 5.52. The van der Waals surface area contributed by atoms with Crippen LogP contribution in [0.4, 0.5) is 0 Å². The molecule has 1 fully saturated rings. The van der Waals surface area contributed by atoms with Crippen LogP contribution >= 0.6 is 7.82 Å². The van der Waals surface area contributed by atoms with E-state index in [-0.39, 0.29) is 6.10 Å². The van der Waals surface area contributed by atoms with Gasteiger partial charge in [0.05, 0.1) is 6.10 Å². The summed E-state index contributed by atoms with van der Waals surface area (Å²) in [5, 5.41) is 0. The van der Waals surface area contributed by atoms with Crippen molar-refractivity contribution in [3.05, 3.63) is 0 Å². The minimum absolute atomic E-state index is 0.301. The highest BCUT2D eigenvalue weighted by Gasteiger charge is 2.28. The lowest BCUT2D eigenvalue weighted by molar-refractivity contribution is -0.888. The predicted octanol–water partition coefficient (Wildman–Crippen LogP) is 1.34. The molecule has 0 aromatic carbocycles. The molecule has 90 valence electrons. The summed E-state index contributed by atoms with van der Waals surface area (Å²) in [5.74, 6) is 0. The van der Waals surface area contributed by atoms with Gasteiger partial charge in [0.2, 0.25) is 0 Å². The van der Waals surface area contributed by atoms with E-state index in [0.29, 0.717) is 6.04 Å². The van der Waals surface area contributed by atoms with E-state index < -0.39 is 7.82 Å². The van der Waals surface area contributed by atoms with Crippen LogP contribution in [0.25, 0.3) is 0 Å². The second-order valence-corrected chi connectivity index (χ2v) is 5.62. The lowest BCUT2D eigenvalue weighted by Crippen LogP contribution is -2.88. The van der Waals surface area contributed by atoms with Crippen LogP contribution in [0.2, 0.25) is 0 Å². The second kappa shape index (κ2) is 5.97. The van der Waals surface area contributed by atoms with Gasteiger partial charge in [-0.05, 0) is 26.7 Å². The molecule has 0 aromatic heterocycles. The van der Waals surface area contributed by atoms with Crippen LogP contribution in [0, 0.1) is 0 Å². The van der Waals surface area contributed by atoms with E-state index >= 15 is 0 Å². The average molecular weight is 238 g/mol. The Morgan fingerprint density at radius 2 is 1.93 bits per heavy atom. The molecule has 0 aliphatic heterocycles. The first-order valence-corrected chi connectivity index (χ1v) is 7.02. The molecule has 1 aliphatic rings. The van der Waals surface area contributed by atoms with E-state index in [4.69, 9.17) is 9.15 Å². The predicted molar refractivity (Wildman–Crippen MR) is 55.9 cm³/mol. The normalized spacial score (nSPS) is 22.9. The molecule has 0 spiro atoms. The Bertz CT molecular complexity index is 228. The van der Waals surface area contributed by atoms with Gasteiger partial charge in [-0.25, -0.2) is 4.57 Å². The van der Waals surface area contributed by atoms with Crippen molar-refractivity contribution in [2.75, 3.05) is 0 Å². The highest BCUT2D eigenvalue weighted by atomic mass is 31.2. The maximum Gasteiger partial charge on any atom is 0.518 e. The summed E-state index contributed by atoms with van der Waals surface area (Å²) in [5.41, 5.74) is 1.49.